The summed E-state index contributed by atoms with van der Waals surface area (Å²) in [5, 5.41) is 8.20. The number of fused-ring (bicyclic) bond motifs is 1. The first kappa shape index (κ1) is 13.4. The standard InChI is InChI=1S/C14H16N2O3S/c1-9-3-5-11(6-4-9)20(18)14-12(10(2)15-16-14)7-8-19-13(14)17/h3-6,10,12H,7-8H2,1-2H3/t10-,12-,14-,20?/m1/s1. The highest BCUT2D eigenvalue weighted by Gasteiger charge is 2.60. The summed E-state index contributed by atoms with van der Waals surface area (Å²) in [5.41, 5.74) is 1.08. The van der Waals surface area contributed by atoms with Crippen LogP contribution in [0.25, 0.3) is 0 Å². The molecule has 106 valence electrons. The van der Waals surface area contributed by atoms with Crippen molar-refractivity contribution in [2.45, 2.75) is 36.1 Å². The van der Waals surface area contributed by atoms with Crippen LogP contribution in [0.4, 0.5) is 0 Å². The minimum absolute atomic E-state index is 0.0998. The third-order valence-electron chi connectivity index (χ3n) is 3.95. The zero-order valence-corrected chi connectivity index (χ0v) is 12.2. The maximum atomic E-state index is 12.9. The molecule has 1 aromatic rings. The fourth-order valence-electron chi connectivity index (χ4n) is 2.76. The first-order valence-corrected chi connectivity index (χ1v) is 7.78. The van der Waals surface area contributed by atoms with Crippen molar-refractivity contribution < 1.29 is 13.7 Å². The number of benzene rings is 1. The topological polar surface area (TPSA) is 68.1 Å². The number of rotatable bonds is 2. The van der Waals surface area contributed by atoms with Crippen molar-refractivity contribution >= 4 is 16.8 Å². The number of carbonyl (C=O) groups is 1. The van der Waals surface area contributed by atoms with Gasteiger partial charge in [0.1, 0.15) is 0 Å². The first-order valence-electron chi connectivity index (χ1n) is 6.63. The summed E-state index contributed by atoms with van der Waals surface area (Å²) in [6.45, 7) is 4.21. The van der Waals surface area contributed by atoms with Gasteiger partial charge < -0.3 is 4.74 Å². The van der Waals surface area contributed by atoms with E-state index < -0.39 is 21.6 Å². The molecule has 0 aromatic heterocycles. The Morgan fingerprint density at radius 3 is 2.75 bits per heavy atom. The molecule has 2 heterocycles. The third kappa shape index (κ3) is 1.82. The minimum Gasteiger partial charge on any atom is -0.463 e. The monoisotopic (exact) mass is 292 g/mol. The number of azo groups is 1. The molecule has 20 heavy (non-hydrogen) atoms. The van der Waals surface area contributed by atoms with Gasteiger partial charge in [-0.25, -0.2) is 4.79 Å². The molecule has 1 saturated heterocycles. The number of esters is 1. The Morgan fingerprint density at radius 2 is 2.05 bits per heavy atom. The van der Waals surface area contributed by atoms with Gasteiger partial charge in [-0.3, -0.25) is 4.21 Å². The minimum atomic E-state index is -1.59. The van der Waals surface area contributed by atoms with Gasteiger partial charge in [-0.1, -0.05) is 17.7 Å². The first-order chi connectivity index (χ1) is 9.55. The Hall–Kier alpha value is -1.56. The van der Waals surface area contributed by atoms with Crippen molar-refractivity contribution in [3.63, 3.8) is 0 Å². The van der Waals surface area contributed by atoms with Crippen LogP contribution >= 0.6 is 0 Å². The molecule has 2 aliphatic rings. The number of hydrogen-bond donors (Lipinski definition) is 0. The van der Waals surface area contributed by atoms with Crippen LogP contribution in [0.3, 0.4) is 0 Å². The lowest BCUT2D eigenvalue weighted by Crippen LogP contribution is -2.52. The van der Waals surface area contributed by atoms with Crippen molar-refractivity contribution in [3.8, 4) is 0 Å². The van der Waals surface area contributed by atoms with Crippen molar-refractivity contribution in [2.75, 3.05) is 6.61 Å². The average molecular weight is 292 g/mol. The largest absolute Gasteiger partial charge is 0.463 e. The van der Waals surface area contributed by atoms with E-state index in [1.165, 1.54) is 0 Å². The second kappa shape index (κ2) is 4.77. The Kier molecular flexibility index (Phi) is 3.20. The molecular weight excluding hydrogens is 276 g/mol. The predicted octanol–water partition coefficient (Wildman–Crippen LogP) is 2.22. The molecule has 0 aliphatic carbocycles. The van der Waals surface area contributed by atoms with E-state index in [1.807, 2.05) is 26.0 Å². The number of ether oxygens (including phenoxy) is 1. The van der Waals surface area contributed by atoms with Crippen LogP contribution in [-0.4, -0.2) is 27.7 Å². The van der Waals surface area contributed by atoms with Crippen LogP contribution in [0.2, 0.25) is 0 Å². The summed E-state index contributed by atoms with van der Waals surface area (Å²) in [6, 6.07) is 7.21. The fourth-order valence-corrected chi connectivity index (χ4v) is 4.43. The number of carbonyl (C=O) groups excluding carboxylic acids is 1. The fraction of sp³-hybridized carbons (Fsp3) is 0.500. The van der Waals surface area contributed by atoms with Crippen molar-refractivity contribution in [1.29, 1.82) is 0 Å². The van der Waals surface area contributed by atoms with Gasteiger partial charge in [0, 0.05) is 10.8 Å². The number of cyclic esters (lactones) is 1. The summed E-state index contributed by atoms with van der Waals surface area (Å²) < 4.78 is 18.1. The van der Waals surface area contributed by atoms with Crippen LogP contribution in [0.1, 0.15) is 18.9 Å². The van der Waals surface area contributed by atoms with Crippen molar-refractivity contribution in [1.82, 2.24) is 0 Å². The van der Waals surface area contributed by atoms with E-state index in [0.29, 0.717) is 17.9 Å². The van der Waals surface area contributed by atoms with Crippen LogP contribution < -0.4 is 0 Å². The smallest absolute Gasteiger partial charge is 0.349 e. The molecular formula is C14H16N2O3S. The van der Waals surface area contributed by atoms with Gasteiger partial charge in [-0.2, -0.15) is 10.2 Å². The molecule has 1 aromatic carbocycles. The summed E-state index contributed by atoms with van der Waals surface area (Å²) in [4.78, 5) is 11.5. The predicted molar refractivity (Wildman–Crippen MR) is 73.7 cm³/mol. The van der Waals surface area contributed by atoms with E-state index in [-0.39, 0.29) is 12.0 Å². The Labute approximate surface area is 119 Å². The molecule has 4 atom stereocenters. The van der Waals surface area contributed by atoms with Gasteiger partial charge in [0.15, 0.2) is 0 Å². The SMILES string of the molecule is Cc1ccc(S(=O)[C@]23N=N[C@H](C)[C@H]2CCOC3=O)cc1. The molecule has 0 saturated carbocycles. The molecule has 5 nitrogen and oxygen atoms in total. The third-order valence-corrected chi connectivity index (χ3v) is 5.76. The van der Waals surface area contributed by atoms with E-state index >= 15 is 0 Å². The van der Waals surface area contributed by atoms with Gasteiger partial charge in [-0.15, -0.1) is 0 Å². The van der Waals surface area contributed by atoms with Crippen LogP contribution in [0, 0.1) is 12.8 Å². The average Bonchev–Trinajstić information content (AvgIpc) is 2.79. The molecule has 1 unspecified atom stereocenters. The van der Waals surface area contributed by atoms with E-state index in [1.54, 1.807) is 12.1 Å². The second-order valence-corrected chi connectivity index (χ2v) is 6.90. The quantitative estimate of drug-likeness (QED) is 0.785. The molecule has 1 fully saturated rings. The maximum Gasteiger partial charge on any atom is 0.349 e. The van der Waals surface area contributed by atoms with Crippen molar-refractivity contribution in [3.05, 3.63) is 29.8 Å². The summed E-state index contributed by atoms with van der Waals surface area (Å²) in [6.07, 6.45) is 0.650. The molecule has 2 aliphatic heterocycles. The van der Waals surface area contributed by atoms with E-state index in [2.05, 4.69) is 10.2 Å². The maximum absolute atomic E-state index is 12.9. The van der Waals surface area contributed by atoms with Gasteiger partial charge in [-0.05, 0) is 32.4 Å². The number of aryl methyl sites for hydroxylation is 1. The molecule has 0 N–H and O–H groups in total. The summed E-state index contributed by atoms with van der Waals surface area (Å²) >= 11 is 0. The lowest BCUT2D eigenvalue weighted by molar-refractivity contribution is -0.152. The van der Waals surface area contributed by atoms with E-state index in [0.717, 1.165) is 5.56 Å². The highest BCUT2D eigenvalue weighted by atomic mass is 32.2. The van der Waals surface area contributed by atoms with E-state index in [9.17, 15) is 9.00 Å². The zero-order chi connectivity index (χ0) is 14.3. The van der Waals surface area contributed by atoms with Gasteiger partial charge in [0.25, 0.3) is 4.87 Å². The van der Waals surface area contributed by atoms with Crippen LogP contribution in [0.5, 0.6) is 0 Å². The summed E-state index contributed by atoms with van der Waals surface area (Å²) in [5.74, 6) is -0.661. The van der Waals surface area contributed by atoms with Gasteiger partial charge >= 0.3 is 5.97 Å². The normalized spacial score (nSPS) is 33.6. The van der Waals surface area contributed by atoms with Crippen LogP contribution in [0.15, 0.2) is 39.4 Å². The highest BCUT2D eigenvalue weighted by Crippen LogP contribution is 2.44. The molecule has 3 rings (SSSR count). The number of hydrogen-bond acceptors (Lipinski definition) is 5. The molecule has 0 amide bonds. The second-order valence-electron chi connectivity index (χ2n) is 5.27. The number of nitrogens with zero attached hydrogens (tertiary/aromatic N) is 2. The zero-order valence-electron chi connectivity index (χ0n) is 11.4. The van der Waals surface area contributed by atoms with Gasteiger partial charge in [0.05, 0.1) is 23.4 Å². The Bertz CT molecular complexity index is 599. The Morgan fingerprint density at radius 1 is 1.35 bits per heavy atom. The lowest BCUT2D eigenvalue weighted by atomic mass is 9.89. The van der Waals surface area contributed by atoms with Crippen molar-refractivity contribution in [2.24, 2.45) is 16.1 Å². The molecule has 0 spiro atoms. The van der Waals surface area contributed by atoms with Crippen LogP contribution in [-0.2, 0) is 20.3 Å². The lowest BCUT2D eigenvalue weighted by Gasteiger charge is -2.33. The molecule has 6 heteroatoms. The summed E-state index contributed by atoms with van der Waals surface area (Å²) in [7, 11) is -1.59. The van der Waals surface area contributed by atoms with E-state index in [4.69, 9.17) is 4.74 Å². The highest BCUT2D eigenvalue weighted by molar-refractivity contribution is 7.87. The Balaban J connectivity index is 2.05. The van der Waals surface area contributed by atoms with Gasteiger partial charge in [0.2, 0.25) is 0 Å². The molecule has 0 radical (unpaired) electrons. The molecule has 0 bridgehead atoms.